The first-order valence-corrected chi connectivity index (χ1v) is 7.71. The SMILES string of the molecule is Cc1cc(-c2nnc(SCc3cc(=O)[nH]c(CO)n3)o2)nn1C. The van der Waals surface area contributed by atoms with E-state index < -0.39 is 0 Å². The molecule has 0 saturated heterocycles. The van der Waals surface area contributed by atoms with Gasteiger partial charge in [-0.25, -0.2) is 4.98 Å². The normalized spacial score (nSPS) is 11.1. The van der Waals surface area contributed by atoms with Crippen LogP contribution in [-0.4, -0.2) is 35.1 Å². The molecule has 0 spiro atoms. The molecule has 0 fully saturated rings. The van der Waals surface area contributed by atoms with Gasteiger partial charge in [-0.1, -0.05) is 11.8 Å². The third-order valence-corrected chi connectivity index (χ3v) is 3.93. The topological polar surface area (TPSA) is 123 Å². The summed E-state index contributed by atoms with van der Waals surface area (Å²) < 4.78 is 7.27. The third kappa shape index (κ3) is 3.48. The van der Waals surface area contributed by atoms with Gasteiger partial charge in [-0.2, -0.15) is 5.10 Å². The Kier molecular flexibility index (Phi) is 4.26. The van der Waals surface area contributed by atoms with E-state index in [9.17, 15) is 4.79 Å². The Morgan fingerprint density at radius 2 is 2.22 bits per heavy atom. The van der Waals surface area contributed by atoms with Crippen LogP contribution in [0.3, 0.4) is 0 Å². The summed E-state index contributed by atoms with van der Waals surface area (Å²) in [6.45, 7) is 1.61. The monoisotopic (exact) mass is 334 g/mol. The smallest absolute Gasteiger partial charge is 0.277 e. The second-order valence-corrected chi connectivity index (χ2v) is 5.72. The Labute approximate surface area is 134 Å². The van der Waals surface area contributed by atoms with Crippen molar-refractivity contribution in [1.29, 1.82) is 0 Å². The average Bonchev–Trinajstić information content (AvgIpc) is 3.12. The van der Waals surface area contributed by atoms with Crippen molar-refractivity contribution in [3.8, 4) is 11.6 Å². The molecule has 9 nitrogen and oxygen atoms in total. The van der Waals surface area contributed by atoms with E-state index in [4.69, 9.17) is 9.52 Å². The molecule has 0 aliphatic carbocycles. The third-order valence-electron chi connectivity index (χ3n) is 3.08. The predicted octanol–water partition coefficient (Wildman–Crippen LogP) is 0.646. The van der Waals surface area contributed by atoms with Crippen LogP contribution in [0.5, 0.6) is 0 Å². The lowest BCUT2D eigenvalue weighted by molar-refractivity contribution is 0.270. The largest absolute Gasteiger partial charge is 0.410 e. The second-order valence-electron chi connectivity index (χ2n) is 4.80. The van der Waals surface area contributed by atoms with Crippen LogP contribution in [-0.2, 0) is 19.4 Å². The molecule has 3 aromatic rings. The number of thioether (sulfide) groups is 1. The van der Waals surface area contributed by atoms with Crippen LogP contribution in [0.1, 0.15) is 17.2 Å². The molecule has 3 heterocycles. The summed E-state index contributed by atoms with van der Waals surface area (Å²) in [5.41, 5.74) is 1.81. The lowest BCUT2D eigenvalue weighted by Gasteiger charge is -1.99. The summed E-state index contributed by atoms with van der Waals surface area (Å²) >= 11 is 1.26. The zero-order valence-corrected chi connectivity index (χ0v) is 13.3. The number of rotatable bonds is 5. The van der Waals surface area contributed by atoms with Crippen LogP contribution in [0.15, 0.2) is 26.6 Å². The lowest BCUT2D eigenvalue weighted by Crippen LogP contribution is -2.12. The zero-order chi connectivity index (χ0) is 16.4. The Balaban J connectivity index is 1.72. The van der Waals surface area contributed by atoms with Gasteiger partial charge in [0.15, 0.2) is 0 Å². The number of hydrogen-bond acceptors (Lipinski definition) is 8. The molecule has 0 aromatic carbocycles. The van der Waals surface area contributed by atoms with Gasteiger partial charge < -0.3 is 14.5 Å². The standard InChI is InChI=1S/C13H14N6O3S/c1-7-3-9(18-19(7)2)12-16-17-13(22-12)23-6-8-4-11(21)15-10(5-20)14-8/h3-4,20H,5-6H2,1-2H3,(H,14,15,21). The number of nitrogens with zero attached hydrogens (tertiary/aromatic N) is 5. The molecule has 0 aliphatic heterocycles. The van der Waals surface area contributed by atoms with Crippen molar-refractivity contribution in [3.05, 3.63) is 39.7 Å². The Bertz CT molecular complexity index is 864. The lowest BCUT2D eigenvalue weighted by atomic mass is 10.4. The van der Waals surface area contributed by atoms with Crippen molar-refractivity contribution in [3.63, 3.8) is 0 Å². The van der Waals surface area contributed by atoms with Gasteiger partial charge in [-0.15, -0.1) is 10.2 Å². The first-order chi connectivity index (χ1) is 11.0. The minimum atomic E-state index is -0.322. The van der Waals surface area contributed by atoms with Crippen LogP contribution in [0.4, 0.5) is 0 Å². The number of aromatic nitrogens is 6. The Morgan fingerprint density at radius 1 is 1.39 bits per heavy atom. The van der Waals surface area contributed by atoms with E-state index in [0.717, 1.165) is 5.69 Å². The molecular formula is C13H14N6O3S. The fourth-order valence-corrected chi connectivity index (χ4v) is 2.54. The van der Waals surface area contributed by atoms with Gasteiger partial charge in [0.2, 0.25) is 0 Å². The second kappa shape index (κ2) is 6.34. The van der Waals surface area contributed by atoms with Crippen LogP contribution >= 0.6 is 11.8 Å². The fraction of sp³-hybridized carbons (Fsp3) is 0.308. The zero-order valence-electron chi connectivity index (χ0n) is 12.5. The molecule has 23 heavy (non-hydrogen) atoms. The number of aliphatic hydroxyl groups is 1. The Morgan fingerprint density at radius 3 is 2.91 bits per heavy atom. The van der Waals surface area contributed by atoms with E-state index in [-0.39, 0.29) is 18.0 Å². The number of aryl methyl sites for hydroxylation is 2. The Hall–Kier alpha value is -2.46. The maximum absolute atomic E-state index is 11.4. The fourth-order valence-electron chi connectivity index (χ4n) is 1.88. The predicted molar refractivity (Wildman–Crippen MR) is 81.6 cm³/mol. The molecule has 0 unspecified atom stereocenters. The van der Waals surface area contributed by atoms with Crippen molar-refractivity contribution in [2.45, 2.75) is 24.5 Å². The molecule has 0 bridgehead atoms. The maximum atomic E-state index is 11.4. The first-order valence-electron chi connectivity index (χ1n) is 6.72. The number of aromatic amines is 1. The van der Waals surface area contributed by atoms with E-state index in [1.54, 1.807) is 4.68 Å². The number of aliphatic hydroxyl groups excluding tert-OH is 1. The van der Waals surface area contributed by atoms with Crippen LogP contribution in [0, 0.1) is 6.92 Å². The van der Waals surface area contributed by atoms with Crippen molar-refractivity contribution in [1.82, 2.24) is 29.9 Å². The minimum Gasteiger partial charge on any atom is -0.410 e. The van der Waals surface area contributed by atoms with Crippen LogP contribution < -0.4 is 5.56 Å². The van der Waals surface area contributed by atoms with Gasteiger partial charge in [0.05, 0.1) is 5.69 Å². The van der Waals surface area contributed by atoms with Gasteiger partial charge in [-0.3, -0.25) is 9.48 Å². The first kappa shape index (κ1) is 15.4. The van der Waals surface area contributed by atoms with E-state index in [1.165, 1.54) is 17.8 Å². The van der Waals surface area contributed by atoms with Gasteiger partial charge in [0.25, 0.3) is 16.7 Å². The van der Waals surface area contributed by atoms with Gasteiger partial charge in [-0.05, 0) is 13.0 Å². The summed E-state index contributed by atoms with van der Waals surface area (Å²) in [6.07, 6.45) is 0. The van der Waals surface area contributed by atoms with Crippen molar-refractivity contribution >= 4 is 11.8 Å². The molecular weight excluding hydrogens is 320 g/mol. The van der Waals surface area contributed by atoms with Gasteiger partial charge in [0, 0.05) is 24.6 Å². The summed E-state index contributed by atoms with van der Waals surface area (Å²) in [7, 11) is 1.84. The van der Waals surface area contributed by atoms with Crippen molar-refractivity contribution < 1.29 is 9.52 Å². The molecule has 10 heteroatoms. The summed E-state index contributed by atoms with van der Waals surface area (Å²) in [4.78, 5) is 18.0. The van der Waals surface area contributed by atoms with E-state index >= 15 is 0 Å². The van der Waals surface area contributed by atoms with E-state index in [0.29, 0.717) is 28.3 Å². The molecule has 0 aliphatic rings. The number of nitrogens with one attached hydrogen (secondary N) is 1. The molecule has 0 radical (unpaired) electrons. The van der Waals surface area contributed by atoms with Gasteiger partial charge >= 0.3 is 0 Å². The highest BCUT2D eigenvalue weighted by atomic mass is 32.2. The molecule has 0 amide bonds. The average molecular weight is 334 g/mol. The van der Waals surface area contributed by atoms with Crippen LogP contribution in [0.2, 0.25) is 0 Å². The molecule has 0 atom stereocenters. The highest BCUT2D eigenvalue weighted by Gasteiger charge is 2.13. The highest BCUT2D eigenvalue weighted by molar-refractivity contribution is 7.98. The molecule has 2 N–H and O–H groups in total. The number of H-pyrrole nitrogens is 1. The molecule has 0 saturated carbocycles. The molecule has 3 aromatic heterocycles. The van der Waals surface area contributed by atoms with E-state index in [2.05, 4.69) is 25.3 Å². The van der Waals surface area contributed by atoms with Crippen LogP contribution in [0.25, 0.3) is 11.6 Å². The quantitative estimate of drug-likeness (QED) is 0.652. The minimum absolute atomic E-state index is 0.225. The van der Waals surface area contributed by atoms with Crippen molar-refractivity contribution in [2.75, 3.05) is 0 Å². The highest BCUT2D eigenvalue weighted by Crippen LogP contribution is 2.24. The van der Waals surface area contributed by atoms with Gasteiger partial charge in [0.1, 0.15) is 18.1 Å². The number of hydrogen-bond donors (Lipinski definition) is 2. The summed E-state index contributed by atoms with van der Waals surface area (Å²) in [5, 5.41) is 21.6. The summed E-state index contributed by atoms with van der Waals surface area (Å²) in [5.74, 6) is 0.939. The maximum Gasteiger partial charge on any atom is 0.277 e. The molecule has 3 rings (SSSR count). The van der Waals surface area contributed by atoms with Crippen molar-refractivity contribution in [2.24, 2.45) is 7.05 Å². The molecule has 120 valence electrons. The van der Waals surface area contributed by atoms with E-state index in [1.807, 2.05) is 20.0 Å². The summed E-state index contributed by atoms with van der Waals surface area (Å²) in [6, 6.07) is 3.22.